The average Bonchev–Trinajstić information content (AvgIpc) is 2.99. The summed E-state index contributed by atoms with van der Waals surface area (Å²) in [5, 5.41) is 40.3. The molecule has 2 aromatic carbocycles. The summed E-state index contributed by atoms with van der Waals surface area (Å²) in [6.07, 6.45) is 2.13. The van der Waals surface area contributed by atoms with E-state index in [1.54, 1.807) is 45.0 Å². The molecular formula is C37H51N7O6S2. The van der Waals surface area contributed by atoms with Crippen LogP contribution in [0.15, 0.2) is 48.5 Å². The molecule has 52 heavy (non-hydrogen) atoms. The Morgan fingerprint density at radius 3 is 1.56 bits per heavy atom. The lowest BCUT2D eigenvalue weighted by molar-refractivity contribution is -0.154. The third-order valence-corrected chi connectivity index (χ3v) is 8.11. The van der Waals surface area contributed by atoms with E-state index in [4.69, 9.17) is 31.1 Å². The number of ether oxygens (including phenoxy) is 2. The van der Waals surface area contributed by atoms with Crippen LogP contribution in [0, 0.1) is 21.6 Å². The molecule has 7 N–H and O–H groups in total. The van der Waals surface area contributed by atoms with Gasteiger partial charge in [-0.05, 0) is 119 Å². The predicted molar refractivity (Wildman–Crippen MR) is 208 cm³/mol. The number of hydrogen-bond donors (Lipinski definition) is 7. The molecule has 0 unspecified atom stereocenters. The number of amides is 3. The first-order chi connectivity index (χ1) is 24.3. The molecule has 0 aromatic heterocycles. The van der Waals surface area contributed by atoms with Crippen molar-refractivity contribution in [1.82, 2.24) is 16.0 Å². The van der Waals surface area contributed by atoms with E-state index in [-0.39, 0.29) is 58.1 Å². The Bertz CT molecular complexity index is 1510. The van der Waals surface area contributed by atoms with E-state index in [0.29, 0.717) is 37.7 Å². The highest BCUT2D eigenvalue weighted by atomic mass is 32.2. The normalized spacial score (nSPS) is 11.2. The number of carbonyl (C=O) groups is 4. The van der Waals surface area contributed by atoms with Crippen molar-refractivity contribution < 1.29 is 28.7 Å². The van der Waals surface area contributed by atoms with Gasteiger partial charge in [-0.1, -0.05) is 48.5 Å². The lowest BCUT2D eigenvalue weighted by Crippen LogP contribution is -2.32. The fourth-order valence-electron chi connectivity index (χ4n) is 4.56. The zero-order valence-electron chi connectivity index (χ0n) is 30.7. The number of rotatable bonds is 14. The van der Waals surface area contributed by atoms with E-state index in [2.05, 4.69) is 16.0 Å². The van der Waals surface area contributed by atoms with E-state index in [9.17, 15) is 19.2 Å². The zero-order chi connectivity index (χ0) is 38.9. The lowest BCUT2D eigenvalue weighted by atomic mass is 10.0. The molecule has 0 spiro atoms. The van der Waals surface area contributed by atoms with Crippen LogP contribution in [0.4, 0.5) is 4.79 Å². The number of alkyl carbamates (subject to hydrolysis) is 1. The molecule has 0 bridgehead atoms. The molecule has 0 saturated carbocycles. The number of nitrogens with one attached hydrogen (secondary N) is 7. The van der Waals surface area contributed by atoms with Crippen molar-refractivity contribution in [3.05, 3.63) is 70.8 Å². The fourth-order valence-corrected chi connectivity index (χ4v) is 5.87. The topological polar surface area (TPSA) is 218 Å². The van der Waals surface area contributed by atoms with Crippen LogP contribution in [0.3, 0.4) is 0 Å². The largest absolute Gasteiger partial charge is 0.460 e. The molecule has 2 aromatic rings. The predicted octanol–water partition coefficient (Wildman–Crippen LogP) is 6.85. The first-order valence-electron chi connectivity index (χ1n) is 16.9. The number of thioether (sulfide) groups is 2. The molecule has 0 radical (unpaired) electrons. The number of hydrogen-bond acceptors (Lipinski definition) is 12. The fraction of sp³-hybridized carbons (Fsp3) is 0.459. The summed E-state index contributed by atoms with van der Waals surface area (Å²) in [5.74, 6) is -1.06. The number of unbranched alkanes of at least 4 members (excludes halogenated alkanes) is 1. The number of amidine groups is 2. The molecule has 0 aliphatic carbocycles. The summed E-state index contributed by atoms with van der Waals surface area (Å²) in [7, 11) is 0. The molecule has 0 aliphatic rings. The Kier molecular flexibility index (Phi) is 17.7. The second kappa shape index (κ2) is 21.1. The van der Waals surface area contributed by atoms with E-state index < -0.39 is 23.2 Å². The van der Waals surface area contributed by atoms with E-state index in [1.165, 1.54) is 0 Å². The molecule has 15 heteroatoms. The van der Waals surface area contributed by atoms with Gasteiger partial charge in [0.1, 0.15) is 11.2 Å². The van der Waals surface area contributed by atoms with Gasteiger partial charge >= 0.3 is 12.1 Å². The van der Waals surface area contributed by atoms with Crippen molar-refractivity contribution in [2.24, 2.45) is 0 Å². The van der Waals surface area contributed by atoms with E-state index in [1.807, 2.05) is 45.0 Å². The number of aryl methyl sites for hydroxylation is 1. The molecule has 0 fully saturated rings. The van der Waals surface area contributed by atoms with Gasteiger partial charge in [0.2, 0.25) is 11.8 Å². The van der Waals surface area contributed by atoms with E-state index in [0.717, 1.165) is 40.2 Å². The van der Waals surface area contributed by atoms with Crippen LogP contribution in [0.5, 0.6) is 0 Å². The third kappa shape index (κ3) is 20.4. The van der Waals surface area contributed by atoms with Crippen LogP contribution < -0.4 is 16.0 Å². The van der Waals surface area contributed by atoms with Crippen LogP contribution in [-0.4, -0.2) is 55.5 Å². The summed E-state index contributed by atoms with van der Waals surface area (Å²) < 4.78 is 10.6. The van der Waals surface area contributed by atoms with Crippen molar-refractivity contribution in [2.45, 2.75) is 111 Å². The van der Waals surface area contributed by atoms with Crippen LogP contribution in [0.2, 0.25) is 0 Å². The molecule has 0 aliphatic heterocycles. The summed E-state index contributed by atoms with van der Waals surface area (Å²) >= 11 is 1.71. The minimum absolute atomic E-state index is 0.0242. The Morgan fingerprint density at radius 2 is 1.08 bits per heavy atom. The Balaban J connectivity index is 1.63. The highest BCUT2D eigenvalue weighted by molar-refractivity contribution is 8.26. The van der Waals surface area contributed by atoms with Crippen molar-refractivity contribution in [3.8, 4) is 0 Å². The van der Waals surface area contributed by atoms with Crippen LogP contribution in [0.25, 0.3) is 0 Å². The van der Waals surface area contributed by atoms with Gasteiger partial charge in [-0.15, -0.1) is 0 Å². The smallest absolute Gasteiger partial charge is 0.407 e. The maximum Gasteiger partial charge on any atom is 0.407 e. The first-order valence-corrected chi connectivity index (χ1v) is 18.5. The maximum absolute atomic E-state index is 12.5. The molecule has 2 rings (SSSR count). The zero-order valence-corrected chi connectivity index (χ0v) is 32.4. The highest BCUT2D eigenvalue weighted by Gasteiger charge is 2.18. The Labute approximate surface area is 314 Å². The molecule has 0 atom stereocenters. The minimum atomic E-state index is -0.606. The monoisotopic (exact) mass is 753 g/mol. The van der Waals surface area contributed by atoms with Crippen LogP contribution in [-0.2, 0) is 49.7 Å². The Hall–Kier alpha value is -4.50. The lowest BCUT2D eigenvalue weighted by Gasteiger charge is -2.19. The molecule has 13 nitrogen and oxygen atoms in total. The van der Waals surface area contributed by atoms with Gasteiger partial charge in [-0.2, -0.15) is 0 Å². The van der Waals surface area contributed by atoms with Crippen molar-refractivity contribution in [1.29, 1.82) is 21.6 Å². The van der Waals surface area contributed by atoms with Crippen LogP contribution >= 0.6 is 23.5 Å². The quantitative estimate of drug-likeness (QED) is 0.0467. The SMILES string of the molecule is CC(C)(C)OC(=O)CCc1cccc(CC(=O)NC(=N)SC(=N)CCCCC(=N)SC(=N)NC(=O)Cc2cccc(CNC(=O)OC(C)(C)C)c2)c1. The highest BCUT2D eigenvalue weighted by Crippen LogP contribution is 2.16. The third-order valence-electron chi connectivity index (χ3n) is 6.60. The van der Waals surface area contributed by atoms with E-state index >= 15 is 0 Å². The summed E-state index contributed by atoms with van der Waals surface area (Å²) in [4.78, 5) is 49.0. The standard InChI is InChI=1S/C37H51N7O6S2/c1-36(2,3)49-32(47)18-17-24-11-9-12-25(19-24)21-30(45)43-33(40)51-28(38)15-7-8-16-29(39)52-34(41)44-31(46)22-26-13-10-14-27(20-26)23-42-35(48)50-37(4,5)6/h9-14,19-20,38-39H,7-8,15-18,21-23H2,1-6H3,(H,42,48)(H2,40,43,45)(H2,41,44,46). The summed E-state index contributed by atoms with van der Waals surface area (Å²) in [6, 6.07) is 14.5. The van der Waals surface area contributed by atoms with Gasteiger partial charge < -0.3 is 25.4 Å². The summed E-state index contributed by atoms with van der Waals surface area (Å²) in [5.41, 5.74) is 2.00. The molecule has 3 amide bonds. The number of esters is 1. The molecule has 282 valence electrons. The average molecular weight is 754 g/mol. The van der Waals surface area contributed by atoms with Crippen molar-refractivity contribution >= 4 is 67.8 Å². The minimum Gasteiger partial charge on any atom is -0.460 e. The van der Waals surface area contributed by atoms with Crippen molar-refractivity contribution in [3.63, 3.8) is 0 Å². The van der Waals surface area contributed by atoms with Gasteiger partial charge in [-0.3, -0.25) is 36.0 Å². The van der Waals surface area contributed by atoms with Gasteiger partial charge in [-0.25, -0.2) is 4.79 Å². The maximum atomic E-state index is 12.5. The van der Waals surface area contributed by atoms with Gasteiger partial charge in [0.25, 0.3) is 0 Å². The van der Waals surface area contributed by atoms with Gasteiger partial charge in [0, 0.05) is 13.0 Å². The second-order valence-electron chi connectivity index (χ2n) is 13.9. The molecule has 0 saturated heterocycles. The van der Waals surface area contributed by atoms with Gasteiger partial charge in [0.05, 0.1) is 22.9 Å². The Morgan fingerprint density at radius 1 is 0.635 bits per heavy atom. The molecular weight excluding hydrogens is 703 g/mol. The van der Waals surface area contributed by atoms with Crippen LogP contribution in [0.1, 0.15) is 95.9 Å². The van der Waals surface area contributed by atoms with Crippen molar-refractivity contribution in [2.75, 3.05) is 0 Å². The van der Waals surface area contributed by atoms with Gasteiger partial charge in [0.15, 0.2) is 10.3 Å². The second-order valence-corrected chi connectivity index (χ2v) is 16.2. The number of carbonyl (C=O) groups excluding carboxylic acids is 4. The first kappa shape index (κ1) is 43.7. The molecule has 0 heterocycles. The number of benzene rings is 2. The summed E-state index contributed by atoms with van der Waals surface area (Å²) in [6.45, 7) is 11.0.